The van der Waals surface area contributed by atoms with Gasteiger partial charge in [-0.15, -0.1) is 0 Å². The Hall–Kier alpha value is -4.10. The van der Waals surface area contributed by atoms with Gasteiger partial charge in [-0.05, 0) is 0 Å². The van der Waals surface area contributed by atoms with Crippen molar-refractivity contribution >= 4 is 45.7 Å². The summed E-state index contributed by atoms with van der Waals surface area (Å²) in [7, 11) is 0. The average molecular weight is 648 g/mol. The van der Waals surface area contributed by atoms with E-state index in [4.69, 9.17) is 9.47 Å². The molecule has 4 nitrogen and oxygen atoms in total. The summed E-state index contributed by atoms with van der Waals surface area (Å²) in [5, 5.41) is 2.39. The molecule has 5 aromatic rings. The molecule has 0 unspecified atom stereocenters. The molecule has 1 aliphatic rings. The van der Waals surface area contributed by atoms with Crippen molar-refractivity contribution in [2.45, 2.75) is 53.4 Å². The van der Waals surface area contributed by atoms with Gasteiger partial charge in [-0.3, -0.25) is 0 Å². The predicted octanol–water partition coefficient (Wildman–Crippen LogP) is 7.45. The molecule has 0 bridgehead atoms. The van der Waals surface area contributed by atoms with Crippen LogP contribution in [0.5, 0.6) is 0 Å². The number of ether oxygens (including phenoxy) is 2. The Labute approximate surface area is 265 Å². The Kier molecular flexibility index (Phi) is 8.50. The molecule has 0 atom stereocenters. The number of fused-ring (bicyclic) bond motifs is 5. The Bertz CT molecular complexity index is 1920. The molecule has 1 heterocycles. The van der Waals surface area contributed by atoms with Crippen molar-refractivity contribution in [1.82, 2.24) is 0 Å². The normalized spacial score (nSPS) is 13.4. The topological polar surface area (TPSA) is 52.6 Å². The molecule has 0 saturated heterocycles. The Morgan fingerprint density at radius 2 is 1.34 bits per heavy atom. The van der Waals surface area contributed by atoms with Crippen molar-refractivity contribution in [3.63, 3.8) is 0 Å². The van der Waals surface area contributed by atoms with Crippen molar-refractivity contribution in [3.05, 3.63) is 106 Å². The molecule has 0 radical (unpaired) electrons. The second kappa shape index (κ2) is 12.5. The van der Waals surface area contributed by atoms with Crippen LogP contribution in [0.4, 0.5) is 0 Å². The van der Waals surface area contributed by atoms with E-state index in [0.29, 0.717) is 0 Å². The van der Waals surface area contributed by atoms with Gasteiger partial charge in [0.1, 0.15) is 0 Å². The van der Waals surface area contributed by atoms with E-state index in [2.05, 4.69) is 98.5 Å². The van der Waals surface area contributed by atoms with Gasteiger partial charge in [0.05, 0.1) is 0 Å². The Morgan fingerprint density at radius 1 is 0.750 bits per heavy atom. The summed E-state index contributed by atoms with van der Waals surface area (Å²) in [6.07, 6.45) is 2.39. The zero-order chi connectivity index (χ0) is 30.8. The molecule has 0 aliphatic heterocycles. The van der Waals surface area contributed by atoms with Crippen LogP contribution in [0.2, 0.25) is 0 Å². The maximum absolute atomic E-state index is 13.7. The van der Waals surface area contributed by atoms with E-state index in [9.17, 15) is 9.59 Å². The van der Waals surface area contributed by atoms with Gasteiger partial charge in [0.25, 0.3) is 0 Å². The van der Waals surface area contributed by atoms with Gasteiger partial charge in [-0.1, -0.05) is 0 Å². The number of carbonyl (C=O) groups excluding carboxylic acids is 2. The number of esters is 2. The Balaban J connectivity index is 1.70. The zero-order valence-corrected chi connectivity index (χ0v) is 27.4. The summed E-state index contributed by atoms with van der Waals surface area (Å²) < 4.78 is 13.7. The summed E-state index contributed by atoms with van der Waals surface area (Å²) in [5.74, 6) is 6.00. The van der Waals surface area contributed by atoms with Crippen LogP contribution < -0.4 is 0 Å². The summed E-state index contributed by atoms with van der Waals surface area (Å²) in [6, 6.07) is 25.7. The second-order valence-corrected chi connectivity index (χ2v) is 13.4. The summed E-state index contributed by atoms with van der Waals surface area (Å²) in [5.41, 5.74) is 7.08. The molecular formula is C39H36O4Se. The van der Waals surface area contributed by atoms with E-state index in [1.807, 2.05) is 0 Å². The van der Waals surface area contributed by atoms with Crippen molar-refractivity contribution < 1.29 is 19.1 Å². The van der Waals surface area contributed by atoms with Gasteiger partial charge in [0.2, 0.25) is 0 Å². The van der Waals surface area contributed by atoms with Gasteiger partial charge < -0.3 is 0 Å². The van der Waals surface area contributed by atoms with Crippen molar-refractivity contribution in [2.75, 3.05) is 13.2 Å². The van der Waals surface area contributed by atoms with Gasteiger partial charge in [0.15, 0.2) is 0 Å². The summed E-state index contributed by atoms with van der Waals surface area (Å²) in [4.78, 5) is 27.4. The van der Waals surface area contributed by atoms with E-state index in [-0.39, 0.29) is 40.6 Å². The first-order chi connectivity index (χ1) is 21.4. The minimum atomic E-state index is -1.43. The SMILES string of the molecule is CCOC(=O)C1(C(=O)OCC)Cc2c(C#Cc3ccc(CC)cc3)c(-c3ccc(CC)cc3)c3c([se]c4ccccc43)c2C1. The monoisotopic (exact) mass is 648 g/mol. The molecule has 0 amide bonds. The average Bonchev–Trinajstić information content (AvgIpc) is 3.65. The first-order valence-electron chi connectivity index (χ1n) is 15.5. The van der Waals surface area contributed by atoms with Gasteiger partial charge in [-0.2, -0.15) is 0 Å². The van der Waals surface area contributed by atoms with Crippen molar-refractivity contribution in [1.29, 1.82) is 0 Å². The minimum absolute atomic E-state index is 0.00939. The third-order valence-corrected chi connectivity index (χ3v) is 11.3. The fraction of sp³-hybridized carbons (Fsp3) is 0.282. The van der Waals surface area contributed by atoms with Crippen molar-refractivity contribution in [2.24, 2.45) is 5.41 Å². The number of benzene rings is 4. The summed E-state index contributed by atoms with van der Waals surface area (Å²) >= 11 is 0.00939. The van der Waals surface area contributed by atoms with Crippen LogP contribution in [0.3, 0.4) is 0 Å². The van der Waals surface area contributed by atoms with Crippen LogP contribution in [0.25, 0.3) is 30.4 Å². The molecule has 0 N–H and O–H groups in total. The van der Waals surface area contributed by atoms with Gasteiger partial charge in [0, 0.05) is 0 Å². The molecule has 0 saturated carbocycles. The van der Waals surface area contributed by atoms with Crippen LogP contribution in [0, 0.1) is 17.3 Å². The molecule has 4 aromatic carbocycles. The number of carbonyl (C=O) groups is 2. The van der Waals surface area contributed by atoms with E-state index >= 15 is 0 Å². The number of rotatable bonds is 7. The molecule has 0 fully saturated rings. The van der Waals surface area contributed by atoms with Gasteiger partial charge in [-0.25, -0.2) is 0 Å². The standard InChI is InChI=1S/C39H36O4Se/c1-5-25-13-15-27(16-14-25)19-22-29-31-23-39(37(40)42-7-3,38(41)43-8-4)24-32(31)36-35(30-11-9-10-12-33(30)44-36)34(29)28-20-17-26(6-2)18-21-28/h9-18,20-21H,5-8,23-24H2,1-4H3. The Morgan fingerprint density at radius 3 is 1.95 bits per heavy atom. The van der Waals surface area contributed by atoms with E-state index in [1.54, 1.807) is 13.8 Å². The van der Waals surface area contributed by atoms with Crippen LogP contribution in [0.1, 0.15) is 61.1 Å². The molecule has 6 rings (SSSR count). The first-order valence-corrected chi connectivity index (χ1v) is 17.2. The molecule has 0 spiro atoms. The van der Waals surface area contributed by atoms with Crippen LogP contribution in [0.15, 0.2) is 72.8 Å². The van der Waals surface area contributed by atoms with E-state index in [1.165, 1.54) is 30.4 Å². The third-order valence-electron chi connectivity index (χ3n) is 8.67. The van der Waals surface area contributed by atoms with Crippen LogP contribution >= 0.6 is 0 Å². The first kappa shape index (κ1) is 29.9. The summed E-state index contributed by atoms with van der Waals surface area (Å²) in [6.45, 7) is 8.23. The molecule has 1 aliphatic carbocycles. The van der Waals surface area contributed by atoms with Crippen molar-refractivity contribution in [3.8, 4) is 23.0 Å². The fourth-order valence-electron chi connectivity index (χ4n) is 6.32. The predicted molar refractivity (Wildman–Crippen MR) is 178 cm³/mol. The van der Waals surface area contributed by atoms with E-state index in [0.717, 1.165) is 46.2 Å². The molecular weight excluding hydrogens is 611 g/mol. The van der Waals surface area contributed by atoms with Crippen LogP contribution in [-0.4, -0.2) is 39.7 Å². The van der Waals surface area contributed by atoms with Gasteiger partial charge >= 0.3 is 266 Å². The fourth-order valence-corrected chi connectivity index (χ4v) is 9.00. The number of hydrogen-bond acceptors (Lipinski definition) is 4. The molecule has 5 heteroatoms. The molecule has 44 heavy (non-hydrogen) atoms. The maximum atomic E-state index is 13.7. The number of aryl methyl sites for hydroxylation is 2. The second-order valence-electron chi connectivity index (χ2n) is 11.2. The molecule has 222 valence electrons. The number of hydrogen-bond donors (Lipinski definition) is 0. The van der Waals surface area contributed by atoms with E-state index < -0.39 is 17.4 Å². The van der Waals surface area contributed by atoms with Crippen LogP contribution in [-0.2, 0) is 44.7 Å². The quantitative estimate of drug-likeness (QED) is 0.0797. The third kappa shape index (κ3) is 5.17. The molecule has 1 aromatic heterocycles. The zero-order valence-electron chi connectivity index (χ0n) is 25.7.